The summed E-state index contributed by atoms with van der Waals surface area (Å²) in [6.07, 6.45) is 0. The van der Waals surface area contributed by atoms with Gasteiger partial charge < -0.3 is 25.3 Å². The molecule has 2 aromatic carbocycles. The van der Waals surface area contributed by atoms with Crippen molar-refractivity contribution < 1.29 is 19.4 Å². The van der Waals surface area contributed by atoms with Gasteiger partial charge in [0.05, 0.1) is 23.6 Å². The SMILES string of the molecule is CCOC(=O)C1=C(N)Oc2c(c(=O)[nH]c3ccccc23)C1c1cccc(O)c1. The van der Waals surface area contributed by atoms with Gasteiger partial charge in [-0.3, -0.25) is 4.79 Å². The van der Waals surface area contributed by atoms with E-state index in [9.17, 15) is 14.7 Å². The molecule has 0 aliphatic carbocycles. The normalized spacial score (nSPS) is 15.8. The Kier molecular flexibility index (Phi) is 4.27. The molecule has 0 saturated carbocycles. The van der Waals surface area contributed by atoms with Crippen LogP contribution < -0.4 is 16.0 Å². The highest BCUT2D eigenvalue weighted by Crippen LogP contribution is 2.44. The number of nitrogens with one attached hydrogen (secondary N) is 1. The number of pyridine rings is 1. The molecule has 7 nitrogen and oxygen atoms in total. The molecule has 28 heavy (non-hydrogen) atoms. The Balaban J connectivity index is 2.05. The van der Waals surface area contributed by atoms with E-state index < -0.39 is 17.4 Å². The molecule has 4 rings (SSSR count). The first-order valence-corrected chi connectivity index (χ1v) is 8.79. The van der Waals surface area contributed by atoms with E-state index in [0.717, 1.165) is 0 Å². The molecular weight excluding hydrogens is 360 g/mol. The lowest BCUT2D eigenvalue weighted by Crippen LogP contribution is -2.32. The Morgan fingerprint density at radius 1 is 1.25 bits per heavy atom. The second kappa shape index (κ2) is 6.77. The Bertz CT molecular complexity index is 1180. The zero-order valence-electron chi connectivity index (χ0n) is 15.1. The molecule has 4 N–H and O–H groups in total. The second-order valence-electron chi connectivity index (χ2n) is 6.37. The number of H-pyrrole nitrogens is 1. The summed E-state index contributed by atoms with van der Waals surface area (Å²) in [5.74, 6) is -1.35. The fraction of sp³-hybridized carbons (Fsp3) is 0.143. The van der Waals surface area contributed by atoms with Gasteiger partial charge in [0.1, 0.15) is 17.1 Å². The third kappa shape index (κ3) is 2.77. The number of esters is 1. The summed E-state index contributed by atoms with van der Waals surface area (Å²) in [5.41, 5.74) is 7.09. The van der Waals surface area contributed by atoms with Gasteiger partial charge in [-0.15, -0.1) is 0 Å². The Hall–Kier alpha value is -3.74. The maximum Gasteiger partial charge on any atom is 0.340 e. The van der Waals surface area contributed by atoms with Gasteiger partial charge in [0.2, 0.25) is 5.88 Å². The van der Waals surface area contributed by atoms with Crippen molar-refractivity contribution in [1.29, 1.82) is 0 Å². The molecule has 3 aromatic rings. The summed E-state index contributed by atoms with van der Waals surface area (Å²) in [6.45, 7) is 1.82. The molecule has 7 heteroatoms. The third-order valence-electron chi connectivity index (χ3n) is 4.66. The molecular formula is C21H18N2O5. The number of hydrogen-bond acceptors (Lipinski definition) is 6. The molecule has 0 fully saturated rings. The number of nitrogens with two attached hydrogens (primary N) is 1. The number of carbonyl (C=O) groups is 1. The number of para-hydroxylation sites is 1. The number of aromatic nitrogens is 1. The van der Waals surface area contributed by atoms with Crippen LogP contribution in [0.15, 0.2) is 64.8 Å². The molecule has 1 aliphatic heterocycles. The van der Waals surface area contributed by atoms with Crippen molar-refractivity contribution in [2.24, 2.45) is 5.73 Å². The lowest BCUT2D eigenvalue weighted by atomic mass is 9.83. The van der Waals surface area contributed by atoms with Gasteiger partial charge in [-0.1, -0.05) is 24.3 Å². The molecule has 1 aromatic heterocycles. The molecule has 1 atom stereocenters. The summed E-state index contributed by atoms with van der Waals surface area (Å²) in [4.78, 5) is 28.4. The van der Waals surface area contributed by atoms with Gasteiger partial charge >= 0.3 is 5.97 Å². The van der Waals surface area contributed by atoms with Crippen molar-refractivity contribution in [2.45, 2.75) is 12.8 Å². The highest BCUT2D eigenvalue weighted by Gasteiger charge is 2.38. The monoisotopic (exact) mass is 378 g/mol. The number of rotatable bonds is 3. The van der Waals surface area contributed by atoms with Crippen LogP contribution in [0.3, 0.4) is 0 Å². The van der Waals surface area contributed by atoms with Crippen molar-refractivity contribution >= 4 is 16.9 Å². The highest BCUT2D eigenvalue weighted by atomic mass is 16.5. The standard InChI is InChI=1S/C21H18N2O5/c1-2-27-21(26)17-15(11-6-5-7-12(24)10-11)16-18(28-19(17)22)13-8-3-4-9-14(13)23-20(16)25/h3-10,15,24H,2,22H2,1H3,(H,23,25). The first kappa shape index (κ1) is 17.7. The van der Waals surface area contributed by atoms with E-state index in [2.05, 4.69) is 4.98 Å². The zero-order chi connectivity index (χ0) is 19.8. The average molecular weight is 378 g/mol. The third-order valence-corrected chi connectivity index (χ3v) is 4.66. The number of aromatic hydroxyl groups is 1. The molecule has 0 saturated heterocycles. The predicted molar refractivity (Wildman–Crippen MR) is 103 cm³/mol. The second-order valence-corrected chi connectivity index (χ2v) is 6.37. The number of phenols is 1. The van der Waals surface area contributed by atoms with Crippen LogP contribution in [0.4, 0.5) is 0 Å². The summed E-state index contributed by atoms with van der Waals surface area (Å²) in [5, 5.41) is 10.6. The van der Waals surface area contributed by atoms with Gasteiger partial charge in [-0.2, -0.15) is 0 Å². The van der Waals surface area contributed by atoms with E-state index in [1.807, 2.05) is 6.07 Å². The summed E-state index contributed by atoms with van der Waals surface area (Å²) in [6, 6.07) is 13.5. The van der Waals surface area contributed by atoms with Crippen LogP contribution in [-0.2, 0) is 9.53 Å². The Morgan fingerprint density at radius 3 is 2.79 bits per heavy atom. The molecule has 0 radical (unpaired) electrons. The largest absolute Gasteiger partial charge is 0.508 e. The molecule has 1 unspecified atom stereocenters. The Labute approximate surface area is 160 Å². The zero-order valence-corrected chi connectivity index (χ0v) is 15.1. The lowest BCUT2D eigenvalue weighted by Gasteiger charge is -2.28. The number of benzene rings is 2. The van der Waals surface area contributed by atoms with Crippen molar-refractivity contribution in [3.05, 3.63) is 81.5 Å². The molecule has 0 spiro atoms. The van der Waals surface area contributed by atoms with E-state index in [1.54, 1.807) is 37.3 Å². The van der Waals surface area contributed by atoms with Gasteiger partial charge in [0.15, 0.2) is 0 Å². The van der Waals surface area contributed by atoms with Crippen molar-refractivity contribution in [2.75, 3.05) is 6.61 Å². The molecule has 142 valence electrons. The van der Waals surface area contributed by atoms with Crippen LogP contribution in [-0.4, -0.2) is 22.7 Å². The van der Waals surface area contributed by atoms with Gasteiger partial charge in [0.25, 0.3) is 5.56 Å². The van der Waals surface area contributed by atoms with Gasteiger partial charge in [0, 0.05) is 5.39 Å². The molecule has 0 bridgehead atoms. The summed E-state index contributed by atoms with van der Waals surface area (Å²) >= 11 is 0. The number of carbonyl (C=O) groups excluding carboxylic acids is 1. The maximum atomic E-state index is 13.0. The highest BCUT2D eigenvalue weighted by molar-refractivity contribution is 5.95. The maximum absolute atomic E-state index is 13.0. The van der Waals surface area contributed by atoms with Crippen molar-refractivity contribution in [3.63, 3.8) is 0 Å². The van der Waals surface area contributed by atoms with Crippen LogP contribution in [0.5, 0.6) is 11.5 Å². The topological polar surface area (TPSA) is 115 Å². The first-order chi connectivity index (χ1) is 13.5. The van der Waals surface area contributed by atoms with Crippen LogP contribution in [0.2, 0.25) is 0 Å². The lowest BCUT2D eigenvalue weighted by molar-refractivity contribution is -0.139. The van der Waals surface area contributed by atoms with E-state index in [0.29, 0.717) is 22.2 Å². The minimum atomic E-state index is -0.844. The smallest absolute Gasteiger partial charge is 0.340 e. The number of fused-ring (bicyclic) bond motifs is 3. The van der Waals surface area contributed by atoms with E-state index in [4.69, 9.17) is 15.2 Å². The quantitative estimate of drug-likeness (QED) is 0.603. The number of phenolic OH excluding ortho intramolecular Hbond substituents is 1. The van der Waals surface area contributed by atoms with Gasteiger partial charge in [-0.05, 0) is 36.8 Å². The van der Waals surface area contributed by atoms with Gasteiger partial charge in [-0.25, -0.2) is 4.79 Å². The fourth-order valence-electron chi connectivity index (χ4n) is 3.52. The molecule has 1 aliphatic rings. The minimum absolute atomic E-state index is 0.00420. The van der Waals surface area contributed by atoms with E-state index in [-0.39, 0.29) is 29.4 Å². The van der Waals surface area contributed by atoms with E-state index in [1.165, 1.54) is 12.1 Å². The Morgan fingerprint density at radius 2 is 2.04 bits per heavy atom. The van der Waals surface area contributed by atoms with Crippen LogP contribution >= 0.6 is 0 Å². The van der Waals surface area contributed by atoms with Crippen molar-refractivity contribution in [1.82, 2.24) is 4.98 Å². The summed E-state index contributed by atoms with van der Waals surface area (Å²) < 4.78 is 10.9. The molecule has 2 heterocycles. The predicted octanol–water partition coefficient (Wildman–Crippen LogP) is 2.49. The van der Waals surface area contributed by atoms with Crippen LogP contribution in [0.25, 0.3) is 10.9 Å². The molecule has 0 amide bonds. The number of hydrogen-bond donors (Lipinski definition) is 3. The van der Waals surface area contributed by atoms with E-state index >= 15 is 0 Å². The average Bonchev–Trinajstić information content (AvgIpc) is 2.67. The summed E-state index contributed by atoms with van der Waals surface area (Å²) in [7, 11) is 0. The minimum Gasteiger partial charge on any atom is -0.508 e. The van der Waals surface area contributed by atoms with Crippen molar-refractivity contribution in [3.8, 4) is 11.5 Å². The number of aromatic amines is 1. The van der Waals surface area contributed by atoms with Crippen LogP contribution in [0.1, 0.15) is 24.0 Å². The fourth-order valence-corrected chi connectivity index (χ4v) is 3.52. The first-order valence-electron chi connectivity index (χ1n) is 8.79. The van der Waals surface area contributed by atoms with Crippen LogP contribution in [0, 0.1) is 0 Å². The number of ether oxygens (including phenoxy) is 2.